The third kappa shape index (κ3) is 1.69. The van der Waals surface area contributed by atoms with Crippen molar-refractivity contribution in [1.82, 2.24) is 10.6 Å². The fourth-order valence-electron chi connectivity index (χ4n) is 3.54. The molecule has 1 aliphatic carbocycles. The van der Waals surface area contributed by atoms with E-state index in [0.29, 0.717) is 6.04 Å². The molecule has 0 unspecified atom stereocenters. The molecule has 92 valence electrons. The van der Waals surface area contributed by atoms with Gasteiger partial charge in [-0.15, -0.1) is 0 Å². The molecule has 1 saturated heterocycles. The molecule has 2 nitrogen and oxygen atoms in total. The average Bonchev–Trinajstić information content (AvgIpc) is 2.64. The topological polar surface area (TPSA) is 24.1 Å². The Balaban J connectivity index is 2.07. The number of hydrogen-bond acceptors (Lipinski definition) is 2. The van der Waals surface area contributed by atoms with Crippen molar-refractivity contribution in [2.45, 2.75) is 30.7 Å². The van der Waals surface area contributed by atoms with Crippen molar-refractivity contribution in [3.8, 4) is 0 Å². The van der Waals surface area contributed by atoms with Crippen LogP contribution in [0.5, 0.6) is 0 Å². The van der Waals surface area contributed by atoms with Gasteiger partial charge in [0.15, 0.2) is 0 Å². The second kappa shape index (κ2) is 4.07. The summed E-state index contributed by atoms with van der Waals surface area (Å²) in [4.78, 5) is 0. The molecule has 3 rings (SSSR count). The van der Waals surface area contributed by atoms with E-state index in [9.17, 15) is 4.39 Å². The quantitative estimate of drug-likeness (QED) is 0.777. The van der Waals surface area contributed by atoms with Crippen LogP contribution in [0.2, 0.25) is 0 Å². The SMILES string of the molecule is CN[C@@H]1CC2(CCNCC2)c2cc(F)ccc21. The highest BCUT2D eigenvalue weighted by Crippen LogP contribution is 2.49. The smallest absolute Gasteiger partial charge is 0.123 e. The first-order chi connectivity index (χ1) is 8.25. The molecule has 17 heavy (non-hydrogen) atoms. The summed E-state index contributed by atoms with van der Waals surface area (Å²) >= 11 is 0. The van der Waals surface area contributed by atoms with E-state index < -0.39 is 0 Å². The van der Waals surface area contributed by atoms with Gasteiger partial charge in [0.2, 0.25) is 0 Å². The summed E-state index contributed by atoms with van der Waals surface area (Å²) < 4.78 is 13.5. The molecule has 2 N–H and O–H groups in total. The Labute approximate surface area is 102 Å². The third-order valence-electron chi connectivity index (χ3n) is 4.47. The zero-order valence-corrected chi connectivity index (χ0v) is 10.2. The summed E-state index contributed by atoms with van der Waals surface area (Å²) in [5, 5.41) is 6.77. The Morgan fingerprint density at radius 2 is 2.12 bits per heavy atom. The Morgan fingerprint density at radius 1 is 1.35 bits per heavy atom. The molecule has 0 saturated carbocycles. The van der Waals surface area contributed by atoms with E-state index in [1.165, 1.54) is 11.1 Å². The fraction of sp³-hybridized carbons (Fsp3) is 0.571. The number of halogens is 1. The number of fused-ring (bicyclic) bond motifs is 2. The van der Waals surface area contributed by atoms with E-state index in [0.717, 1.165) is 32.4 Å². The van der Waals surface area contributed by atoms with Crippen LogP contribution in [-0.4, -0.2) is 20.1 Å². The highest BCUT2D eigenvalue weighted by Gasteiger charge is 2.43. The van der Waals surface area contributed by atoms with Gasteiger partial charge < -0.3 is 10.6 Å². The lowest BCUT2D eigenvalue weighted by Gasteiger charge is -2.35. The van der Waals surface area contributed by atoms with Crippen LogP contribution in [0, 0.1) is 5.82 Å². The summed E-state index contributed by atoms with van der Waals surface area (Å²) in [6.07, 6.45) is 3.37. The summed E-state index contributed by atoms with van der Waals surface area (Å²) in [5.41, 5.74) is 2.75. The van der Waals surface area contributed by atoms with E-state index >= 15 is 0 Å². The minimum atomic E-state index is -0.0987. The zero-order chi connectivity index (χ0) is 11.9. The molecule has 3 heteroatoms. The maximum Gasteiger partial charge on any atom is 0.123 e. The second-order valence-electron chi connectivity index (χ2n) is 5.31. The summed E-state index contributed by atoms with van der Waals surface area (Å²) in [7, 11) is 2.00. The molecule has 1 atom stereocenters. The Morgan fingerprint density at radius 3 is 2.82 bits per heavy atom. The molecule has 0 bridgehead atoms. The van der Waals surface area contributed by atoms with Crippen molar-refractivity contribution in [3.63, 3.8) is 0 Å². The van der Waals surface area contributed by atoms with Crippen molar-refractivity contribution in [2.75, 3.05) is 20.1 Å². The molecule has 1 fully saturated rings. The number of nitrogens with one attached hydrogen (secondary N) is 2. The van der Waals surface area contributed by atoms with Crippen LogP contribution in [0.25, 0.3) is 0 Å². The number of hydrogen-bond donors (Lipinski definition) is 2. The minimum Gasteiger partial charge on any atom is -0.317 e. The molecule has 1 aliphatic heterocycles. The van der Waals surface area contributed by atoms with E-state index in [-0.39, 0.29) is 11.2 Å². The van der Waals surface area contributed by atoms with Gasteiger partial charge in [0.1, 0.15) is 5.82 Å². The molecule has 0 amide bonds. The molecule has 1 heterocycles. The van der Waals surface area contributed by atoms with Gasteiger partial charge in [-0.05, 0) is 68.1 Å². The predicted octanol–water partition coefficient (Wildman–Crippen LogP) is 2.11. The van der Waals surface area contributed by atoms with Crippen molar-refractivity contribution in [2.24, 2.45) is 0 Å². The maximum atomic E-state index is 13.5. The average molecular weight is 234 g/mol. The second-order valence-corrected chi connectivity index (χ2v) is 5.31. The van der Waals surface area contributed by atoms with Crippen molar-refractivity contribution >= 4 is 0 Å². The van der Waals surface area contributed by atoms with E-state index in [2.05, 4.69) is 10.6 Å². The van der Waals surface area contributed by atoms with E-state index in [1.54, 1.807) is 12.1 Å². The van der Waals surface area contributed by atoms with Gasteiger partial charge in [-0.3, -0.25) is 0 Å². The summed E-state index contributed by atoms with van der Waals surface area (Å²) in [6.45, 7) is 2.10. The van der Waals surface area contributed by atoms with Gasteiger partial charge in [0.25, 0.3) is 0 Å². The van der Waals surface area contributed by atoms with Crippen LogP contribution in [-0.2, 0) is 5.41 Å². The predicted molar refractivity (Wildman–Crippen MR) is 66.6 cm³/mol. The summed E-state index contributed by atoms with van der Waals surface area (Å²) in [6, 6.07) is 5.70. The number of benzene rings is 1. The molecule has 1 aromatic carbocycles. The fourth-order valence-corrected chi connectivity index (χ4v) is 3.54. The van der Waals surface area contributed by atoms with Crippen LogP contribution in [0.3, 0.4) is 0 Å². The van der Waals surface area contributed by atoms with Crippen LogP contribution in [0.4, 0.5) is 4.39 Å². The molecule has 2 aliphatic rings. The molecule has 0 radical (unpaired) electrons. The van der Waals surface area contributed by atoms with E-state index in [4.69, 9.17) is 0 Å². The zero-order valence-electron chi connectivity index (χ0n) is 10.2. The number of rotatable bonds is 1. The van der Waals surface area contributed by atoms with Crippen LogP contribution >= 0.6 is 0 Å². The summed E-state index contributed by atoms with van der Waals surface area (Å²) in [5.74, 6) is -0.0987. The van der Waals surface area contributed by atoms with Crippen LogP contribution < -0.4 is 10.6 Å². The first kappa shape index (κ1) is 11.2. The number of piperidine rings is 1. The largest absolute Gasteiger partial charge is 0.317 e. The van der Waals surface area contributed by atoms with Gasteiger partial charge in [-0.2, -0.15) is 0 Å². The van der Waals surface area contributed by atoms with Crippen LogP contribution in [0.1, 0.15) is 36.4 Å². The van der Waals surface area contributed by atoms with Crippen LogP contribution in [0.15, 0.2) is 18.2 Å². The highest BCUT2D eigenvalue weighted by molar-refractivity contribution is 5.43. The molecular weight excluding hydrogens is 215 g/mol. The first-order valence-corrected chi connectivity index (χ1v) is 6.43. The monoisotopic (exact) mass is 234 g/mol. The van der Waals surface area contributed by atoms with E-state index in [1.807, 2.05) is 13.1 Å². The molecule has 1 aromatic rings. The van der Waals surface area contributed by atoms with Crippen molar-refractivity contribution < 1.29 is 4.39 Å². The maximum absolute atomic E-state index is 13.5. The first-order valence-electron chi connectivity index (χ1n) is 6.43. The molecular formula is C14H19FN2. The Hall–Kier alpha value is -0.930. The molecule has 1 spiro atoms. The van der Waals surface area contributed by atoms with Gasteiger partial charge in [0, 0.05) is 6.04 Å². The Bertz CT molecular complexity index is 424. The van der Waals surface area contributed by atoms with Gasteiger partial charge in [-0.1, -0.05) is 6.07 Å². The van der Waals surface area contributed by atoms with Crippen molar-refractivity contribution in [3.05, 3.63) is 35.1 Å². The normalized spacial score (nSPS) is 26.1. The third-order valence-corrected chi connectivity index (χ3v) is 4.47. The Kier molecular flexibility index (Phi) is 2.68. The van der Waals surface area contributed by atoms with Gasteiger partial charge >= 0.3 is 0 Å². The van der Waals surface area contributed by atoms with Crippen molar-refractivity contribution in [1.29, 1.82) is 0 Å². The lowest BCUT2D eigenvalue weighted by molar-refractivity contribution is 0.286. The lowest BCUT2D eigenvalue weighted by Crippen LogP contribution is -2.38. The highest BCUT2D eigenvalue weighted by atomic mass is 19.1. The van der Waals surface area contributed by atoms with Gasteiger partial charge in [0.05, 0.1) is 0 Å². The lowest BCUT2D eigenvalue weighted by atomic mass is 9.74. The van der Waals surface area contributed by atoms with Gasteiger partial charge in [-0.25, -0.2) is 4.39 Å². The molecule has 0 aromatic heterocycles. The standard InChI is InChI=1S/C14H19FN2/c1-16-13-9-14(4-6-17-7-5-14)12-8-10(15)2-3-11(12)13/h2-3,8,13,16-17H,4-7,9H2,1H3/t13-/m1/s1. The minimum absolute atomic E-state index is 0.0987.